The molecule has 1 aromatic heterocycles. The van der Waals surface area contributed by atoms with Crippen molar-refractivity contribution in [1.82, 2.24) is 4.98 Å². The number of nitrogens with zero attached hydrogens (tertiary/aromatic N) is 1. The van der Waals surface area contributed by atoms with Crippen LogP contribution < -0.4 is 4.57 Å². The Hall–Kier alpha value is -1.57. The van der Waals surface area contributed by atoms with E-state index in [0.717, 1.165) is 6.54 Å². The van der Waals surface area contributed by atoms with Gasteiger partial charge in [-0.1, -0.05) is 102 Å². The Morgan fingerprint density at radius 1 is 0.846 bits per heavy atom. The predicted octanol–water partition coefficient (Wildman–Crippen LogP) is 6.77. The van der Waals surface area contributed by atoms with Gasteiger partial charge in [0.15, 0.2) is 0 Å². The molecule has 2 aromatic rings. The normalized spacial score (nSPS) is 12.4. The number of rotatable bonds is 14. The molecule has 144 valence electrons. The molecule has 2 rings (SSSR count). The van der Waals surface area contributed by atoms with Gasteiger partial charge in [0, 0.05) is 0 Å². The van der Waals surface area contributed by atoms with Crippen molar-refractivity contribution >= 4 is 0 Å². The first-order valence-electron chi connectivity index (χ1n) is 11.0. The van der Waals surface area contributed by atoms with Crippen LogP contribution in [-0.4, -0.2) is 4.98 Å². The molecule has 0 saturated carbocycles. The van der Waals surface area contributed by atoms with Crippen molar-refractivity contribution in [2.24, 2.45) is 0 Å². The number of hydrogen-bond acceptors (Lipinski definition) is 0. The maximum Gasteiger partial charge on any atom is 0.257 e. The molecule has 0 unspecified atom stereocenters. The molecule has 0 spiro atoms. The molecule has 0 aliphatic rings. The summed E-state index contributed by atoms with van der Waals surface area (Å²) in [6.45, 7) is 5.58. The number of aromatic nitrogens is 2. The van der Waals surface area contributed by atoms with Gasteiger partial charge >= 0.3 is 0 Å². The van der Waals surface area contributed by atoms with Crippen molar-refractivity contribution in [1.29, 1.82) is 0 Å². The van der Waals surface area contributed by atoms with Crippen LogP contribution in [0.4, 0.5) is 0 Å². The van der Waals surface area contributed by atoms with Crippen LogP contribution in [0.25, 0.3) is 0 Å². The molecule has 1 N–H and O–H groups in total. The molecule has 0 amide bonds. The lowest BCUT2D eigenvalue weighted by atomic mass is 9.96. The van der Waals surface area contributed by atoms with Gasteiger partial charge in [-0.2, -0.15) is 0 Å². The summed E-state index contributed by atoms with van der Waals surface area (Å²) >= 11 is 0. The monoisotopic (exact) mass is 355 g/mol. The van der Waals surface area contributed by atoms with Crippen LogP contribution in [0, 0.1) is 0 Å². The average molecular weight is 356 g/mol. The SMILES string of the molecule is CCCCCCCCCCC[C@H](CC)c1[nH]cc[n+]1Cc1ccccc1. The summed E-state index contributed by atoms with van der Waals surface area (Å²) in [4.78, 5) is 3.52. The highest BCUT2D eigenvalue weighted by molar-refractivity contribution is 5.13. The smallest absolute Gasteiger partial charge is 0.247 e. The molecule has 2 heteroatoms. The molecule has 2 nitrogen and oxygen atoms in total. The van der Waals surface area contributed by atoms with Crippen molar-refractivity contribution in [2.45, 2.75) is 96.9 Å². The van der Waals surface area contributed by atoms with E-state index in [-0.39, 0.29) is 0 Å². The Labute approximate surface area is 161 Å². The first kappa shape index (κ1) is 20.7. The Morgan fingerprint density at radius 2 is 1.50 bits per heavy atom. The van der Waals surface area contributed by atoms with E-state index in [9.17, 15) is 0 Å². The Bertz CT molecular complexity index is 573. The Balaban J connectivity index is 1.71. The van der Waals surface area contributed by atoms with E-state index in [1.54, 1.807) is 0 Å². The molecule has 26 heavy (non-hydrogen) atoms. The third-order valence-corrected chi connectivity index (χ3v) is 5.53. The molecule has 1 heterocycles. The maximum atomic E-state index is 3.52. The van der Waals surface area contributed by atoms with E-state index in [2.05, 4.69) is 66.1 Å². The van der Waals surface area contributed by atoms with Gasteiger partial charge in [0.25, 0.3) is 5.82 Å². The summed E-state index contributed by atoms with van der Waals surface area (Å²) in [6.07, 6.45) is 19.5. The van der Waals surface area contributed by atoms with E-state index in [0.29, 0.717) is 5.92 Å². The molecule has 0 aliphatic heterocycles. The zero-order valence-corrected chi connectivity index (χ0v) is 17.1. The standard InChI is InChI=1S/C24H38N2/c1-3-5-6-7-8-9-10-11-15-18-23(4-2)24-25-19-20-26(24)21-22-16-13-12-14-17-22/h12-14,16-17,19-20,23H,3-11,15,18,21H2,1-2H3/p+1/t23-/m0/s1. The number of hydrogen-bond donors (Lipinski definition) is 1. The summed E-state index contributed by atoms with van der Waals surface area (Å²) in [5, 5.41) is 0. The number of nitrogens with one attached hydrogen (secondary N) is 1. The predicted molar refractivity (Wildman–Crippen MR) is 111 cm³/mol. The minimum absolute atomic E-state index is 0.651. The van der Waals surface area contributed by atoms with Crippen LogP contribution in [0.2, 0.25) is 0 Å². The molecule has 0 saturated heterocycles. The highest BCUT2D eigenvalue weighted by atomic mass is 15.1. The summed E-state index contributed by atoms with van der Waals surface area (Å²) < 4.78 is 2.40. The molecule has 0 fully saturated rings. The molecule has 1 aromatic carbocycles. The van der Waals surface area contributed by atoms with Crippen molar-refractivity contribution in [2.75, 3.05) is 0 Å². The third-order valence-electron chi connectivity index (χ3n) is 5.53. The number of imidazole rings is 1. The van der Waals surface area contributed by atoms with Gasteiger partial charge in [0.1, 0.15) is 18.9 Å². The second-order valence-electron chi connectivity index (χ2n) is 7.68. The quantitative estimate of drug-likeness (QED) is 0.285. The summed E-state index contributed by atoms with van der Waals surface area (Å²) in [7, 11) is 0. The van der Waals surface area contributed by atoms with E-state index in [1.165, 1.54) is 82.0 Å². The Morgan fingerprint density at radius 3 is 2.15 bits per heavy atom. The highest BCUT2D eigenvalue weighted by Gasteiger charge is 2.21. The fourth-order valence-electron chi connectivity index (χ4n) is 3.88. The maximum absolute atomic E-state index is 3.52. The van der Waals surface area contributed by atoms with Crippen LogP contribution in [0.3, 0.4) is 0 Å². The largest absolute Gasteiger partial charge is 0.257 e. The van der Waals surface area contributed by atoms with Gasteiger partial charge in [-0.25, -0.2) is 9.55 Å². The minimum atomic E-state index is 0.651. The fraction of sp³-hybridized carbons (Fsp3) is 0.625. The van der Waals surface area contributed by atoms with E-state index >= 15 is 0 Å². The van der Waals surface area contributed by atoms with Gasteiger partial charge in [-0.15, -0.1) is 0 Å². The fourth-order valence-corrected chi connectivity index (χ4v) is 3.88. The van der Waals surface area contributed by atoms with Crippen LogP contribution in [0.1, 0.15) is 102 Å². The zero-order valence-electron chi connectivity index (χ0n) is 17.1. The van der Waals surface area contributed by atoms with Crippen molar-refractivity contribution < 1.29 is 4.57 Å². The van der Waals surface area contributed by atoms with Gasteiger partial charge in [0.05, 0.1) is 5.92 Å². The summed E-state index contributed by atoms with van der Waals surface area (Å²) in [5.41, 5.74) is 1.37. The molecule has 0 bridgehead atoms. The minimum Gasteiger partial charge on any atom is -0.247 e. The summed E-state index contributed by atoms with van der Waals surface area (Å²) in [6, 6.07) is 10.8. The topological polar surface area (TPSA) is 19.7 Å². The lowest BCUT2D eigenvalue weighted by molar-refractivity contribution is -0.695. The number of H-pyrrole nitrogens is 1. The molecule has 1 atom stereocenters. The molecular weight excluding hydrogens is 316 g/mol. The third kappa shape index (κ3) is 7.35. The van der Waals surface area contributed by atoms with Gasteiger partial charge in [-0.05, 0) is 18.4 Å². The first-order valence-corrected chi connectivity index (χ1v) is 11.0. The van der Waals surface area contributed by atoms with E-state index < -0.39 is 0 Å². The van der Waals surface area contributed by atoms with Crippen molar-refractivity contribution in [3.05, 3.63) is 54.1 Å². The van der Waals surface area contributed by atoms with E-state index in [1.807, 2.05) is 0 Å². The number of benzene rings is 1. The van der Waals surface area contributed by atoms with Crippen LogP contribution in [0.5, 0.6) is 0 Å². The molecular formula is C24H39N2+. The zero-order chi connectivity index (χ0) is 18.5. The van der Waals surface area contributed by atoms with Gasteiger partial charge < -0.3 is 0 Å². The van der Waals surface area contributed by atoms with Gasteiger partial charge in [0.2, 0.25) is 0 Å². The number of aromatic amines is 1. The lowest BCUT2D eigenvalue weighted by Crippen LogP contribution is -2.38. The highest BCUT2D eigenvalue weighted by Crippen LogP contribution is 2.23. The van der Waals surface area contributed by atoms with Crippen LogP contribution in [0.15, 0.2) is 42.7 Å². The second kappa shape index (κ2) is 12.7. The second-order valence-corrected chi connectivity index (χ2v) is 7.68. The summed E-state index contributed by atoms with van der Waals surface area (Å²) in [5.74, 6) is 2.05. The van der Waals surface area contributed by atoms with Crippen LogP contribution >= 0.6 is 0 Å². The Kier molecular flexibility index (Phi) is 10.2. The average Bonchev–Trinajstić information content (AvgIpc) is 3.12. The molecule has 0 aliphatic carbocycles. The van der Waals surface area contributed by atoms with E-state index in [4.69, 9.17) is 0 Å². The van der Waals surface area contributed by atoms with Crippen LogP contribution in [-0.2, 0) is 6.54 Å². The lowest BCUT2D eigenvalue weighted by Gasteiger charge is -2.12. The first-order chi connectivity index (χ1) is 12.8. The van der Waals surface area contributed by atoms with Gasteiger partial charge in [-0.3, -0.25) is 0 Å². The number of unbranched alkanes of at least 4 members (excludes halogenated alkanes) is 8. The van der Waals surface area contributed by atoms with Crippen molar-refractivity contribution in [3.8, 4) is 0 Å². The van der Waals surface area contributed by atoms with Crippen molar-refractivity contribution in [3.63, 3.8) is 0 Å². The molecule has 0 radical (unpaired) electrons.